The fraction of sp³-hybridized carbons (Fsp3) is 0.182. The smallest absolute Gasteiger partial charge is 0.138 e. The predicted octanol–water partition coefficient (Wildman–Crippen LogP) is 5.13. The minimum Gasteiger partial charge on any atom is -0.482 e. The molecule has 1 nitrogen and oxygen atoms in total. The highest BCUT2D eigenvalue weighted by Gasteiger charge is 2.64. The summed E-state index contributed by atoms with van der Waals surface area (Å²) in [5, 5.41) is 0. The second kappa shape index (κ2) is 4.73. The Bertz CT molecular complexity index is 840. The van der Waals surface area contributed by atoms with Crippen molar-refractivity contribution < 1.29 is 4.74 Å². The third-order valence-electron chi connectivity index (χ3n) is 5.33. The summed E-state index contributed by atoms with van der Waals surface area (Å²) in [6.07, 6.45) is 1.09. The van der Waals surface area contributed by atoms with E-state index in [0.717, 1.165) is 12.2 Å². The summed E-state index contributed by atoms with van der Waals surface area (Å²) >= 11 is 0. The van der Waals surface area contributed by atoms with Crippen LogP contribution in [-0.2, 0) is 5.60 Å². The lowest BCUT2D eigenvalue weighted by Crippen LogP contribution is -2.27. The fourth-order valence-corrected chi connectivity index (χ4v) is 4.20. The fourth-order valence-electron chi connectivity index (χ4n) is 4.20. The molecule has 0 N–H and O–H groups in total. The van der Waals surface area contributed by atoms with Crippen LogP contribution in [0, 0.1) is 5.92 Å². The van der Waals surface area contributed by atoms with Crippen LogP contribution in [0.25, 0.3) is 0 Å². The molecule has 3 aromatic carbocycles. The minimum atomic E-state index is -0.143. The zero-order valence-corrected chi connectivity index (χ0v) is 12.9. The van der Waals surface area contributed by atoms with E-state index in [0.29, 0.717) is 11.8 Å². The Balaban J connectivity index is 1.67. The van der Waals surface area contributed by atoms with Gasteiger partial charge in [0.15, 0.2) is 0 Å². The number of hydrogen-bond acceptors (Lipinski definition) is 1. The third-order valence-corrected chi connectivity index (χ3v) is 5.33. The van der Waals surface area contributed by atoms with Crippen molar-refractivity contribution in [3.63, 3.8) is 0 Å². The molecule has 5 rings (SSSR count). The molecule has 1 heterocycles. The van der Waals surface area contributed by atoms with Crippen LogP contribution < -0.4 is 4.74 Å². The van der Waals surface area contributed by atoms with Crippen molar-refractivity contribution in [2.75, 3.05) is 0 Å². The number of benzene rings is 3. The van der Waals surface area contributed by atoms with Crippen LogP contribution in [0.15, 0.2) is 84.9 Å². The zero-order valence-electron chi connectivity index (χ0n) is 12.9. The molecule has 3 atom stereocenters. The van der Waals surface area contributed by atoms with Crippen molar-refractivity contribution in [3.05, 3.63) is 102 Å². The molecule has 0 aromatic heterocycles. The normalized spacial score (nSPS) is 27.5. The Kier molecular flexibility index (Phi) is 2.66. The largest absolute Gasteiger partial charge is 0.482 e. The molecule has 0 amide bonds. The minimum absolute atomic E-state index is 0.143. The maximum atomic E-state index is 6.53. The molecule has 0 saturated heterocycles. The summed E-state index contributed by atoms with van der Waals surface area (Å²) in [6, 6.07) is 30.1. The molecule has 0 radical (unpaired) electrons. The molecule has 23 heavy (non-hydrogen) atoms. The predicted molar refractivity (Wildman–Crippen MR) is 91.6 cm³/mol. The Labute approximate surface area is 136 Å². The van der Waals surface area contributed by atoms with E-state index in [2.05, 4.69) is 84.9 Å². The summed E-state index contributed by atoms with van der Waals surface area (Å²) in [4.78, 5) is 0. The van der Waals surface area contributed by atoms with Crippen LogP contribution in [0.4, 0.5) is 0 Å². The van der Waals surface area contributed by atoms with E-state index in [1.54, 1.807) is 0 Å². The summed E-state index contributed by atoms with van der Waals surface area (Å²) in [6.45, 7) is 0. The van der Waals surface area contributed by atoms with Crippen LogP contribution in [0.3, 0.4) is 0 Å². The van der Waals surface area contributed by atoms with Gasteiger partial charge in [0, 0.05) is 17.4 Å². The van der Waals surface area contributed by atoms with Crippen molar-refractivity contribution in [3.8, 4) is 5.75 Å². The van der Waals surface area contributed by atoms with Crippen molar-refractivity contribution >= 4 is 0 Å². The second-order valence-electron chi connectivity index (χ2n) is 6.59. The van der Waals surface area contributed by atoms with Gasteiger partial charge in [-0.3, -0.25) is 0 Å². The molecule has 1 aliphatic carbocycles. The summed E-state index contributed by atoms with van der Waals surface area (Å²) in [5.41, 5.74) is 3.88. The van der Waals surface area contributed by atoms with Crippen LogP contribution in [-0.4, -0.2) is 0 Å². The Morgan fingerprint density at radius 2 is 1.39 bits per heavy atom. The first-order valence-electron chi connectivity index (χ1n) is 8.27. The van der Waals surface area contributed by atoms with Crippen LogP contribution in [0.5, 0.6) is 5.75 Å². The number of ether oxygens (including phenoxy) is 1. The molecule has 1 fully saturated rings. The van der Waals surface area contributed by atoms with Gasteiger partial charge in [-0.15, -0.1) is 0 Å². The van der Waals surface area contributed by atoms with Gasteiger partial charge in [-0.05, 0) is 23.6 Å². The molecule has 2 aliphatic rings. The third kappa shape index (κ3) is 1.86. The summed E-state index contributed by atoms with van der Waals surface area (Å²) < 4.78 is 6.53. The van der Waals surface area contributed by atoms with Gasteiger partial charge in [0.1, 0.15) is 11.4 Å². The second-order valence-corrected chi connectivity index (χ2v) is 6.59. The Morgan fingerprint density at radius 3 is 2.17 bits per heavy atom. The highest BCUT2D eigenvalue weighted by Crippen LogP contribution is 2.66. The monoisotopic (exact) mass is 298 g/mol. The van der Waals surface area contributed by atoms with E-state index in [9.17, 15) is 0 Å². The lowest BCUT2D eigenvalue weighted by Gasteiger charge is -2.32. The van der Waals surface area contributed by atoms with Gasteiger partial charge < -0.3 is 4.74 Å². The zero-order chi connectivity index (χ0) is 15.3. The first kappa shape index (κ1) is 13.0. The van der Waals surface area contributed by atoms with Gasteiger partial charge in [-0.25, -0.2) is 0 Å². The van der Waals surface area contributed by atoms with Gasteiger partial charge in [-0.1, -0.05) is 78.9 Å². The Morgan fingerprint density at radius 1 is 0.739 bits per heavy atom. The van der Waals surface area contributed by atoms with E-state index in [1.165, 1.54) is 16.7 Å². The molecule has 1 saturated carbocycles. The molecule has 1 aliphatic heterocycles. The van der Waals surface area contributed by atoms with Gasteiger partial charge in [-0.2, -0.15) is 0 Å². The molecule has 112 valence electrons. The molecular weight excluding hydrogens is 280 g/mol. The van der Waals surface area contributed by atoms with Crippen LogP contribution >= 0.6 is 0 Å². The van der Waals surface area contributed by atoms with Crippen LogP contribution in [0.1, 0.15) is 29.0 Å². The van der Waals surface area contributed by atoms with Crippen molar-refractivity contribution in [1.29, 1.82) is 0 Å². The van der Waals surface area contributed by atoms with E-state index >= 15 is 0 Å². The maximum absolute atomic E-state index is 6.53. The molecule has 3 aromatic rings. The van der Waals surface area contributed by atoms with E-state index in [1.807, 2.05) is 0 Å². The van der Waals surface area contributed by atoms with Gasteiger partial charge in [0.25, 0.3) is 0 Å². The topological polar surface area (TPSA) is 9.23 Å². The molecule has 1 heteroatoms. The number of hydrogen-bond donors (Lipinski definition) is 0. The maximum Gasteiger partial charge on any atom is 0.138 e. The van der Waals surface area contributed by atoms with E-state index in [4.69, 9.17) is 4.74 Å². The standard InChI is InChI=1S/C22H18O/c1-3-9-16(10-4-1)21-18-13-7-8-14-20(18)23-22(15-19(21)22)17-11-5-2-6-12-17/h1-14,19,21H,15H2/t19-,21+,22-/m0/s1. The highest BCUT2D eigenvalue weighted by molar-refractivity contribution is 5.51. The van der Waals surface area contributed by atoms with Crippen molar-refractivity contribution in [2.45, 2.75) is 17.9 Å². The number of rotatable bonds is 2. The molecule has 0 unspecified atom stereocenters. The van der Waals surface area contributed by atoms with Gasteiger partial charge >= 0.3 is 0 Å². The highest BCUT2D eigenvalue weighted by atomic mass is 16.5. The van der Waals surface area contributed by atoms with Crippen molar-refractivity contribution in [1.82, 2.24) is 0 Å². The SMILES string of the molecule is c1ccc([C@@H]2c3ccccc3O[C@]3(c4ccccc4)C[C@@H]23)cc1. The number of fused-ring (bicyclic) bond motifs is 2. The average Bonchev–Trinajstić information content (AvgIpc) is 3.36. The van der Waals surface area contributed by atoms with Crippen molar-refractivity contribution in [2.24, 2.45) is 5.92 Å². The molecular formula is C22H18O. The number of para-hydroxylation sites is 1. The van der Waals surface area contributed by atoms with E-state index < -0.39 is 0 Å². The van der Waals surface area contributed by atoms with Crippen LogP contribution in [0.2, 0.25) is 0 Å². The lowest BCUT2D eigenvalue weighted by molar-refractivity contribution is 0.139. The first-order chi connectivity index (χ1) is 11.4. The van der Waals surface area contributed by atoms with Gasteiger partial charge in [0.05, 0.1) is 0 Å². The molecule has 0 bridgehead atoms. The Hall–Kier alpha value is -2.54. The van der Waals surface area contributed by atoms with E-state index in [-0.39, 0.29) is 5.60 Å². The first-order valence-corrected chi connectivity index (χ1v) is 8.27. The van der Waals surface area contributed by atoms with Gasteiger partial charge in [0.2, 0.25) is 0 Å². The molecule has 0 spiro atoms. The lowest BCUT2D eigenvalue weighted by atomic mass is 9.82. The quantitative estimate of drug-likeness (QED) is 0.637. The summed E-state index contributed by atoms with van der Waals surface area (Å²) in [5.74, 6) is 1.97. The average molecular weight is 298 g/mol. The summed E-state index contributed by atoms with van der Waals surface area (Å²) in [7, 11) is 0.